The molecule has 0 aromatic heterocycles. The molecule has 8 rings (SSSR count). The molecule has 0 radical (unpaired) electrons. The Morgan fingerprint density at radius 3 is 2.27 bits per heavy atom. The SMILES string of the molecule is CCOc1c(OC)cc2c3c1Oc1cc4c(cc1OC)CC[N+](C)(C(C)C(=O)O)C4Cc1ccc(cc1)Oc1cc(ccc1OC)CC3N(C)CC2. The van der Waals surface area contributed by atoms with Gasteiger partial charge in [0.15, 0.2) is 40.5 Å². The topological polar surface area (TPSA) is 95.9 Å². The first kappa shape index (κ1) is 35.5. The van der Waals surface area contributed by atoms with E-state index in [9.17, 15) is 9.90 Å². The molecule has 4 aliphatic rings. The van der Waals surface area contributed by atoms with Gasteiger partial charge in [-0.05, 0) is 98.5 Å². The number of hydrogen-bond acceptors (Lipinski definition) is 8. The number of fused-ring (bicyclic) bond motifs is 2. The molecular weight excluding hydrogens is 660 g/mol. The lowest BCUT2D eigenvalue weighted by molar-refractivity contribution is -0.954. The van der Waals surface area contributed by atoms with Crippen molar-refractivity contribution in [1.29, 1.82) is 0 Å². The van der Waals surface area contributed by atoms with E-state index in [1.54, 1.807) is 21.3 Å². The van der Waals surface area contributed by atoms with E-state index < -0.39 is 12.0 Å². The molecule has 0 saturated carbocycles. The fraction of sp³-hybridized carbons (Fsp3) is 0.405. The molecule has 4 unspecified atom stereocenters. The van der Waals surface area contributed by atoms with Gasteiger partial charge in [0.05, 0.1) is 41.5 Å². The van der Waals surface area contributed by atoms with E-state index in [4.69, 9.17) is 28.4 Å². The number of likely N-dealkylation sites (N-methyl/N-ethyl adjacent to an activating group) is 2. The van der Waals surface area contributed by atoms with Crippen LogP contribution in [0.4, 0.5) is 0 Å². The number of benzene rings is 4. The summed E-state index contributed by atoms with van der Waals surface area (Å²) in [4.78, 5) is 15.0. The highest BCUT2D eigenvalue weighted by Crippen LogP contribution is 2.52. The van der Waals surface area contributed by atoms with Gasteiger partial charge in [0, 0.05) is 36.6 Å². The largest absolute Gasteiger partial charge is 0.493 e. The Balaban J connectivity index is 1.50. The normalized spacial score (nSPS) is 21.4. The summed E-state index contributed by atoms with van der Waals surface area (Å²) in [7, 11) is 9.17. The molecule has 6 bridgehead atoms. The summed E-state index contributed by atoms with van der Waals surface area (Å²) in [6.45, 7) is 5.69. The Morgan fingerprint density at radius 2 is 1.58 bits per heavy atom. The third-order valence-corrected chi connectivity index (χ3v) is 11.5. The number of nitrogens with zero attached hydrogens (tertiary/aromatic N) is 2. The second kappa shape index (κ2) is 14.2. The highest BCUT2D eigenvalue weighted by Gasteiger charge is 2.46. The van der Waals surface area contributed by atoms with Gasteiger partial charge in [-0.15, -0.1) is 0 Å². The van der Waals surface area contributed by atoms with Crippen molar-refractivity contribution in [3.05, 3.63) is 94.0 Å². The molecule has 0 saturated heterocycles. The average molecular weight is 710 g/mol. The minimum absolute atomic E-state index is 0.0731. The van der Waals surface area contributed by atoms with E-state index in [0.717, 1.165) is 46.3 Å². The molecular formula is C42H49N2O8+. The van der Waals surface area contributed by atoms with Gasteiger partial charge in [-0.2, -0.15) is 0 Å². The average Bonchev–Trinajstić information content (AvgIpc) is 3.14. The van der Waals surface area contributed by atoms with E-state index in [1.165, 1.54) is 0 Å². The fourth-order valence-electron chi connectivity index (χ4n) is 8.28. The van der Waals surface area contributed by atoms with E-state index in [2.05, 4.69) is 61.5 Å². The summed E-state index contributed by atoms with van der Waals surface area (Å²) in [6, 6.07) is 19.5. The molecule has 4 aromatic rings. The van der Waals surface area contributed by atoms with Crippen molar-refractivity contribution in [2.45, 2.75) is 57.7 Å². The summed E-state index contributed by atoms with van der Waals surface area (Å²) in [5.41, 5.74) is 6.48. The van der Waals surface area contributed by atoms with Crippen LogP contribution >= 0.6 is 0 Å². The maximum atomic E-state index is 12.6. The molecule has 52 heavy (non-hydrogen) atoms. The van der Waals surface area contributed by atoms with Gasteiger partial charge in [-0.1, -0.05) is 18.2 Å². The zero-order chi connectivity index (χ0) is 36.7. The predicted octanol–water partition coefficient (Wildman–Crippen LogP) is 7.54. The number of hydrogen-bond donors (Lipinski definition) is 1. The van der Waals surface area contributed by atoms with Crippen molar-refractivity contribution in [3.8, 4) is 46.0 Å². The third kappa shape index (κ3) is 6.28. The van der Waals surface area contributed by atoms with Crippen LogP contribution in [-0.4, -0.2) is 81.6 Å². The number of carboxylic acid groups (broad SMARTS) is 1. The minimum Gasteiger partial charge on any atom is -0.493 e. The van der Waals surface area contributed by atoms with Crippen molar-refractivity contribution < 1.29 is 42.8 Å². The molecule has 274 valence electrons. The molecule has 0 amide bonds. The number of aliphatic carboxylic acids is 1. The van der Waals surface area contributed by atoms with Crippen LogP contribution in [0.25, 0.3) is 0 Å². The Morgan fingerprint density at radius 1 is 0.885 bits per heavy atom. The zero-order valence-corrected chi connectivity index (χ0v) is 31.2. The number of carbonyl (C=O) groups is 1. The molecule has 4 atom stereocenters. The molecule has 0 aliphatic carbocycles. The maximum Gasteiger partial charge on any atom is 0.362 e. The number of ether oxygens (including phenoxy) is 6. The second-order valence-corrected chi connectivity index (χ2v) is 14.3. The smallest absolute Gasteiger partial charge is 0.362 e. The van der Waals surface area contributed by atoms with Crippen molar-refractivity contribution >= 4 is 5.97 Å². The molecule has 10 nitrogen and oxygen atoms in total. The van der Waals surface area contributed by atoms with Crippen LogP contribution in [-0.2, 0) is 30.5 Å². The summed E-state index contributed by atoms with van der Waals surface area (Å²) in [5, 5.41) is 10.4. The van der Waals surface area contributed by atoms with Crippen LogP contribution in [0.2, 0.25) is 0 Å². The monoisotopic (exact) mass is 709 g/mol. The molecule has 0 spiro atoms. The van der Waals surface area contributed by atoms with Gasteiger partial charge in [0.25, 0.3) is 0 Å². The Kier molecular flexibility index (Phi) is 9.71. The fourth-order valence-corrected chi connectivity index (χ4v) is 8.28. The molecule has 10 heteroatoms. The van der Waals surface area contributed by atoms with Crippen molar-refractivity contribution in [3.63, 3.8) is 0 Å². The molecule has 4 aromatic carbocycles. The number of rotatable bonds is 7. The lowest BCUT2D eigenvalue weighted by atomic mass is 9.85. The first-order valence-corrected chi connectivity index (χ1v) is 18.0. The third-order valence-electron chi connectivity index (χ3n) is 11.5. The van der Waals surface area contributed by atoms with Crippen molar-refractivity contribution in [2.75, 3.05) is 55.1 Å². The quantitative estimate of drug-likeness (QED) is 0.195. The molecule has 1 N–H and O–H groups in total. The highest BCUT2D eigenvalue weighted by atomic mass is 16.6. The maximum absolute atomic E-state index is 12.6. The Bertz CT molecular complexity index is 1980. The first-order chi connectivity index (χ1) is 25.1. The van der Waals surface area contributed by atoms with Gasteiger partial charge >= 0.3 is 5.97 Å². The Labute approximate surface area is 306 Å². The molecule has 4 aliphatic heterocycles. The van der Waals surface area contributed by atoms with Crippen LogP contribution in [0.15, 0.2) is 60.7 Å². The summed E-state index contributed by atoms with van der Waals surface area (Å²) in [5.74, 6) is 4.03. The van der Waals surface area contributed by atoms with Gasteiger partial charge in [0.2, 0.25) is 5.75 Å². The lowest BCUT2D eigenvalue weighted by Crippen LogP contribution is -2.59. The van der Waals surface area contributed by atoms with E-state index >= 15 is 0 Å². The van der Waals surface area contributed by atoms with Crippen molar-refractivity contribution in [2.24, 2.45) is 0 Å². The van der Waals surface area contributed by atoms with Crippen LogP contribution in [0.1, 0.15) is 59.3 Å². The van der Waals surface area contributed by atoms with E-state index in [1.807, 2.05) is 32.0 Å². The van der Waals surface area contributed by atoms with Crippen LogP contribution < -0.4 is 28.4 Å². The summed E-state index contributed by atoms with van der Waals surface area (Å²) in [6.07, 6.45) is 2.79. The summed E-state index contributed by atoms with van der Waals surface area (Å²) >= 11 is 0. The second-order valence-electron chi connectivity index (χ2n) is 14.3. The first-order valence-electron chi connectivity index (χ1n) is 18.0. The molecule has 4 heterocycles. The Hall–Kier alpha value is -4.93. The molecule has 0 fully saturated rings. The number of quaternary nitrogens is 1. The lowest BCUT2D eigenvalue weighted by Gasteiger charge is -2.48. The van der Waals surface area contributed by atoms with Crippen LogP contribution in [0.5, 0.6) is 46.0 Å². The predicted molar refractivity (Wildman–Crippen MR) is 198 cm³/mol. The minimum atomic E-state index is -0.824. The number of carboxylic acids is 1. The van der Waals surface area contributed by atoms with E-state index in [0.29, 0.717) is 82.9 Å². The number of methoxy groups -OCH3 is 3. The van der Waals surface area contributed by atoms with Gasteiger partial charge in [-0.3, -0.25) is 4.90 Å². The highest BCUT2D eigenvalue weighted by molar-refractivity contribution is 5.71. The standard InChI is InChI=1S/C42H48N2O8/c1-8-50-40-38(49-7)23-29-15-17-43(3)32-19-27-11-14-34(47-5)36(21-27)51-30-12-9-26(10-13-30)20-33-31-24-37(52-41(40)39(29)32)35(48-6)22-28(31)16-18-44(33,4)25(2)42(45)46/h9-14,21-25,32-33H,8,15-20H2,1-7H3/p+1. The van der Waals surface area contributed by atoms with E-state index in [-0.39, 0.29) is 12.1 Å². The van der Waals surface area contributed by atoms with Gasteiger partial charge < -0.3 is 38.0 Å². The zero-order valence-electron chi connectivity index (χ0n) is 31.2. The summed E-state index contributed by atoms with van der Waals surface area (Å²) < 4.78 is 38.0. The van der Waals surface area contributed by atoms with Crippen LogP contribution in [0, 0.1) is 0 Å². The van der Waals surface area contributed by atoms with Gasteiger partial charge in [-0.25, -0.2) is 4.79 Å². The van der Waals surface area contributed by atoms with Gasteiger partial charge in [0.1, 0.15) is 11.8 Å². The van der Waals surface area contributed by atoms with Crippen molar-refractivity contribution in [1.82, 2.24) is 4.90 Å². The van der Waals surface area contributed by atoms with Crippen LogP contribution in [0.3, 0.4) is 0 Å².